The molecule has 57 heavy (non-hydrogen) atoms. The van der Waals surface area contributed by atoms with Crippen molar-refractivity contribution in [3.63, 3.8) is 0 Å². The van der Waals surface area contributed by atoms with Crippen LogP contribution in [0, 0.1) is 0 Å². The van der Waals surface area contributed by atoms with Crippen LogP contribution in [0.4, 0.5) is 17.1 Å². The molecular formula is C54H36N2O. The fourth-order valence-corrected chi connectivity index (χ4v) is 8.44. The van der Waals surface area contributed by atoms with E-state index in [4.69, 9.17) is 4.42 Å². The molecule has 0 radical (unpaired) electrons. The largest absolute Gasteiger partial charge is 0.456 e. The number of anilines is 3. The highest BCUT2D eigenvalue weighted by Crippen LogP contribution is 2.42. The topological polar surface area (TPSA) is 21.3 Å². The standard InChI is InChI=1S/C54H36N2O/c1-4-14-37(15-5-1)38-24-28-45(29-25-38)56-51-22-12-10-20-47(51)49-35-39(26-30-52(49)56)41-32-42(40-27-31-54-50(36-40)48-21-11-13-23-53(48)57-54)34-46(33-41)55(43-16-6-2-7-17-43)44-18-8-3-9-19-44/h1-36H. The van der Waals surface area contributed by atoms with E-state index >= 15 is 0 Å². The van der Waals surface area contributed by atoms with Gasteiger partial charge in [0.1, 0.15) is 11.2 Å². The summed E-state index contributed by atoms with van der Waals surface area (Å²) < 4.78 is 8.63. The van der Waals surface area contributed by atoms with E-state index in [1.165, 1.54) is 32.9 Å². The maximum atomic E-state index is 6.24. The lowest BCUT2D eigenvalue weighted by molar-refractivity contribution is 0.669. The van der Waals surface area contributed by atoms with E-state index in [9.17, 15) is 0 Å². The number of fused-ring (bicyclic) bond motifs is 6. The van der Waals surface area contributed by atoms with E-state index in [1.54, 1.807) is 0 Å². The summed E-state index contributed by atoms with van der Waals surface area (Å²) in [6.45, 7) is 0. The molecule has 2 heterocycles. The number of furan rings is 1. The molecule has 0 spiro atoms. The molecule has 0 saturated heterocycles. The van der Waals surface area contributed by atoms with Crippen LogP contribution in [0.1, 0.15) is 0 Å². The van der Waals surface area contributed by atoms with E-state index in [0.717, 1.165) is 66.9 Å². The van der Waals surface area contributed by atoms with Gasteiger partial charge in [-0.05, 0) is 124 Å². The first-order valence-corrected chi connectivity index (χ1v) is 19.4. The Kier molecular flexibility index (Phi) is 7.82. The third kappa shape index (κ3) is 5.76. The van der Waals surface area contributed by atoms with E-state index in [1.807, 2.05) is 12.1 Å². The Morgan fingerprint density at radius 2 is 0.807 bits per heavy atom. The molecule has 0 amide bonds. The smallest absolute Gasteiger partial charge is 0.135 e. The first kappa shape index (κ1) is 32.8. The summed E-state index contributed by atoms with van der Waals surface area (Å²) in [6.07, 6.45) is 0. The number of para-hydroxylation sites is 4. The predicted octanol–water partition coefficient (Wildman–Crippen LogP) is 15.2. The quantitative estimate of drug-likeness (QED) is 0.163. The normalized spacial score (nSPS) is 11.5. The van der Waals surface area contributed by atoms with Crippen molar-refractivity contribution in [3.05, 3.63) is 218 Å². The van der Waals surface area contributed by atoms with Gasteiger partial charge >= 0.3 is 0 Å². The second-order valence-electron chi connectivity index (χ2n) is 14.6. The minimum Gasteiger partial charge on any atom is -0.456 e. The summed E-state index contributed by atoms with van der Waals surface area (Å²) >= 11 is 0. The van der Waals surface area contributed by atoms with Crippen LogP contribution in [-0.2, 0) is 0 Å². The van der Waals surface area contributed by atoms with Crippen LogP contribution in [-0.4, -0.2) is 4.57 Å². The Morgan fingerprint density at radius 3 is 1.51 bits per heavy atom. The molecule has 0 N–H and O–H groups in total. The SMILES string of the molecule is c1ccc(-c2ccc(-n3c4ccccc4c4cc(-c5cc(-c6ccc7oc8ccccc8c7c6)cc(N(c6ccccc6)c6ccccc6)c5)ccc43)cc2)cc1. The number of hydrogen-bond donors (Lipinski definition) is 0. The lowest BCUT2D eigenvalue weighted by atomic mass is 9.95. The summed E-state index contributed by atoms with van der Waals surface area (Å²) in [6, 6.07) is 78.3. The molecule has 0 fully saturated rings. The molecule has 0 saturated carbocycles. The Balaban J connectivity index is 1.11. The highest BCUT2D eigenvalue weighted by molar-refractivity contribution is 6.11. The van der Waals surface area contributed by atoms with Crippen molar-refractivity contribution in [3.8, 4) is 39.1 Å². The van der Waals surface area contributed by atoms with Crippen molar-refractivity contribution in [1.82, 2.24) is 4.57 Å². The van der Waals surface area contributed by atoms with Crippen molar-refractivity contribution in [2.75, 3.05) is 4.90 Å². The van der Waals surface area contributed by atoms with Gasteiger partial charge in [0.15, 0.2) is 0 Å². The Hall–Kier alpha value is -7.62. The molecule has 3 heteroatoms. The average molecular weight is 729 g/mol. The fraction of sp³-hybridized carbons (Fsp3) is 0. The van der Waals surface area contributed by atoms with Crippen molar-refractivity contribution >= 4 is 60.8 Å². The van der Waals surface area contributed by atoms with Crippen LogP contribution in [0.3, 0.4) is 0 Å². The van der Waals surface area contributed by atoms with Crippen LogP contribution < -0.4 is 4.90 Å². The molecule has 9 aromatic carbocycles. The molecule has 11 rings (SSSR count). The summed E-state index contributed by atoms with van der Waals surface area (Å²) in [5.41, 5.74) is 15.6. The number of rotatable bonds is 7. The molecule has 0 aliphatic heterocycles. The molecule has 0 unspecified atom stereocenters. The molecule has 268 valence electrons. The third-order valence-electron chi connectivity index (χ3n) is 11.2. The molecule has 0 bridgehead atoms. The molecule has 2 aromatic heterocycles. The number of hydrogen-bond acceptors (Lipinski definition) is 2. The molecule has 0 atom stereocenters. The van der Waals surface area contributed by atoms with Crippen LogP contribution in [0.5, 0.6) is 0 Å². The second kappa shape index (κ2) is 13.6. The third-order valence-corrected chi connectivity index (χ3v) is 11.2. The lowest BCUT2D eigenvalue weighted by Crippen LogP contribution is -2.10. The summed E-state index contributed by atoms with van der Waals surface area (Å²) in [5, 5.41) is 4.68. The summed E-state index contributed by atoms with van der Waals surface area (Å²) in [5.74, 6) is 0. The van der Waals surface area contributed by atoms with Gasteiger partial charge in [-0.1, -0.05) is 127 Å². The number of nitrogens with zero attached hydrogens (tertiary/aromatic N) is 2. The van der Waals surface area contributed by atoms with Crippen molar-refractivity contribution in [2.45, 2.75) is 0 Å². The van der Waals surface area contributed by atoms with Crippen LogP contribution in [0.15, 0.2) is 223 Å². The first-order valence-electron chi connectivity index (χ1n) is 19.4. The number of benzene rings is 9. The van der Waals surface area contributed by atoms with Gasteiger partial charge in [0, 0.05) is 44.3 Å². The van der Waals surface area contributed by atoms with Gasteiger partial charge in [-0.2, -0.15) is 0 Å². The predicted molar refractivity (Wildman–Crippen MR) is 239 cm³/mol. The highest BCUT2D eigenvalue weighted by atomic mass is 16.3. The maximum Gasteiger partial charge on any atom is 0.135 e. The fourth-order valence-electron chi connectivity index (χ4n) is 8.44. The van der Waals surface area contributed by atoms with Gasteiger partial charge < -0.3 is 13.9 Å². The summed E-state index contributed by atoms with van der Waals surface area (Å²) in [4.78, 5) is 2.35. The van der Waals surface area contributed by atoms with Crippen molar-refractivity contribution < 1.29 is 4.42 Å². The van der Waals surface area contributed by atoms with Gasteiger partial charge in [0.05, 0.1) is 11.0 Å². The average Bonchev–Trinajstić information content (AvgIpc) is 3.83. The minimum absolute atomic E-state index is 0.892. The van der Waals surface area contributed by atoms with Crippen LogP contribution >= 0.6 is 0 Å². The van der Waals surface area contributed by atoms with Crippen LogP contribution in [0.2, 0.25) is 0 Å². The zero-order valence-electron chi connectivity index (χ0n) is 31.1. The Morgan fingerprint density at radius 1 is 0.298 bits per heavy atom. The molecule has 3 nitrogen and oxygen atoms in total. The first-order chi connectivity index (χ1) is 28.2. The monoisotopic (exact) mass is 728 g/mol. The molecule has 0 aliphatic rings. The minimum atomic E-state index is 0.892. The van der Waals surface area contributed by atoms with Gasteiger partial charge in [-0.25, -0.2) is 0 Å². The van der Waals surface area contributed by atoms with E-state index < -0.39 is 0 Å². The van der Waals surface area contributed by atoms with Gasteiger partial charge in [-0.15, -0.1) is 0 Å². The lowest BCUT2D eigenvalue weighted by Gasteiger charge is -2.26. The zero-order valence-corrected chi connectivity index (χ0v) is 31.1. The zero-order chi connectivity index (χ0) is 37.7. The van der Waals surface area contributed by atoms with E-state index in [2.05, 4.69) is 216 Å². The van der Waals surface area contributed by atoms with Crippen molar-refractivity contribution in [2.24, 2.45) is 0 Å². The molecular weight excluding hydrogens is 693 g/mol. The van der Waals surface area contributed by atoms with Gasteiger partial charge in [-0.3, -0.25) is 0 Å². The van der Waals surface area contributed by atoms with Gasteiger partial charge in [0.2, 0.25) is 0 Å². The molecule has 11 aromatic rings. The van der Waals surface area contributed by atoms with E-state index in [0.29, 0.717) is 0 Å². The number of aromatic nitrogens is 1. The summed E-state index contributed by atoms with van der Waals surface area (Å²) in [7, 11) is 0. The van der Waals surface area contributed by atoms with Gasteiger partial charge in [0.25, 0.3) is 0 Å². The van der Waals surface area contributed by atoms with E-state index in [-0.39, 0.29) is 0 Å². The van der Waals surface area contributed by atoms with Crippen molar-refractivity contribution in [1.29, 1.82) is 0 Å². The second-order valence-corrected chi connectivity index (χ2v) is 14.6. The Labute approximate surface area is 330 Å². The Bertz CT molecular complexity index is 3180. The maximum absolute atomic E-state index is 6.24. The van der Waals surface area contributed by atoms with Crippen LogP contribution in [0.25, 0.3) is 82.8 Å². The highest BCUT2D eigenvalue weighted by Gasteiger charge is 2.18. The molecule has 0 aliphatic carbocycles.